The molecule has 0 aromatic heterocycles. The minimum Gasteiger partial charge on any atom is -0.458 e. The van der Waals surface area contributed by atoms with Crippen LogP contribution >= 0.6 is 0 Å². The van der Waals surface area contributed by atoms with E-state index in [1.165, 1.54) is 24.3 Å². The van der Waals surface area contributed by atoms with E-state index < -0.39 is 35.6 Å². The fourth-order valence-corrected chi connectivity index (χ4v) is 3.38. The lowest BCUT2D eigenvalue weighted by Gasteiger charge is -2.18. The Balaban J connectivity index is 1.38. The van der Waals surface area contributed by atoms with Crippen LogP contribution in [0.4, 0.5) is 11.4 Å². The summed E-state index contributed by atoms with van der Waals surface area (Å²) >= 11 is 0. The average Bonchev–Trinajstić information content (AvgIpc) is 3.35. The van der Waals surface area contributed by atoms with Crippen LogP contribution in [0.3, 0.4) is 0 Å². The molecule has 0 N–H and O–H groups in total. The van der Waals surface area contributed by atoms with E-state index in [1.807, 2.05) is 0 Å². The molecule has 0 atom stereocenters. The van der Waals surface area contributed by atoms with Crippen LogP contribution in [0.5, 0.6) is 0 Å². The van der Waals surface area contributed by atoms with E-state index in [-0.39, 0.29) is 35.7 Å². The highest BCUT2D eigenvalue weighted by Crippen LogP contribution is 2.26. The van der Waals surface area contributed by atoms with Crippen molar-refractivity contribution < 1.29 is 38.2 Å². The molecule has 2 heterocycles. The SMILES string of the molecule is O=C(OCCOC(=O)c1ccccc1N1C(=O)C=CC1=O)c1ccccc1N1C(=O)C=CC1=O. The maximum atomic E-state index is 12.5. The van der Waals surface area contributed by atoms with Crippen LogP contribution in [-0.2, 0) is 28.7 Å². The number of benzene rings is 2. The van der Waals surface area contributed by atoms with Gasteiger partial charge in [-0.25, -0.2) is 19.4 Å². The Bertz CT molecular complexity index is 1160. The second kappa shape index (κ2) is 9.33. The van der Waals surface area contributed by atoms with E-state index >= 15 is 0 Å². The molecule has 4 amide bonds. The smallest absolute Gasteiger partial charge is 0.340 e. The predicted octanol–water partition coefficient (Wildman–Crippen LogP) is 1.56. The molecule has 0 aliphatic carbocycles. The summed E-state index contributed by atoms with van der Waals surface area (Å²) < 4.78 is 10.3. The van der Waals surface area contributed by atoms with Crippen molar-refractivity contribution in [2.75, 3.05) is 23.0 Å². The molecule has 0 spiro atoms. The number of nitrogens with zero attached hydrogens (tertiary/aromatic N) is 2. The lowest BCUT2D eigenvalue weighted by molar-refractivity contribution is -0.121. The number of amides is 4. The van der Waals surface area contributed by atoms with Crippen molar-refractivity contribution in [3.05, 3.63) is 84.0 Å². The number of para-hydroxylation sites is 2. The molecule has 0 bridgehead atoms. The van der Waals surface area contributed by atoms with Crippen molar-refractivity contribution in [2.24, 2.45) is 0 Å². The number of hydrogen-bond donors (Lipinski definition) is 0. The van der Waals surface area contributed by atoms with E-state index in [4.69, 9.17) is 9.47 Å². The highest BCUT2D eigenvalue weighted by Gasteiger charge is 2.30. The maximum Gasteiger partial charge on any atom is 0.340 e. The first-order chi connectivity index (χ1) is 16.4. The van der Waals surface area contributed by atoms with Gasteiger partial charge in [-0.2, -0.15) is 0 Å². The maximum absolute atomic E-state index is 12.5. The number of carbonyl (C=O) groups excluding carboxylic acids is 6. The molecule has 0 radical (unpaired) electrons. The zero-order valence-corrected chi connectivity index (χ0v) is 17.5. The molecule has 0 saturated carbocycles. The number of anilines is 2. The summed E-state index contributed by atoms with van der Waals surface area (Å²) in [7, 11) is 0. The molecule has 2 aromatic carbocycles. The highest BCUT2D eigenvalue weighted by atomic mass is 16.6. The monoisotopic (exact) mass is 460 g/mol. The zero-order chi connectivity index (χ0) is 24.2. The number of rotatable bonds is 7. The molecule has 10 nitrogen and oxygen atoms in total. The molecule has 170 valence electrons. The van der Waals surface area contributed by atoms with Gasteiger partial charge in [0.15, 0.2) is 0 Å². The van der Waals surface area contributed by atoms with Gasteiger partial charge in [0.1, 0.15) is 13.2 Å². The fourth-order valence-electron chi connectivity index (χ4n) is 3.38. The molecule has 0 fully saturated rings. The Morgan fingerprint density at radius 2 is 0.882 bits per heavy atom. The number of ether oxygens (including phenoxy) is 2. The Morgan fingerprint density at radius 3 is 1.24 bits per heavy atom. The summed E-state index contributed by atoms with van der Waals surface area (Å²) in [5.41, 5.74) is 0.130. The average molecular weight is 460 g/mol. The fraction of sp³-hybridized carbons (Fsp3) is 0.0833. The molecule has 2 aromatic rings. The van der Waals surface area contributed by atoms with E-state index in [9.17, 15) is 28.8 Å². The number of esters is 2. The Labute approximate surface area is 192 Å². The van der Waals surface area contributed by atoms with E-state index in [0.717, 1.165) is 34.1 Å². The van der Waals surface area contributed by atoms with E-state index in [1.54, 1.807) is 24.3 Å². The quantitative estimate of drug-likeness (QED) is 0.346. The van der Waals surface area contributed by atoms with Gasteiger partial charge < -0.3 is 9.47 Å². The first-order valence-electron chi connectivity index (χ1n) is 10.0. The minimum absolute atomic E-state index is 0.0110. The summed E-state index contributed by atoms with van der Waals surface area (Å²) in [6.45, 7) is -0.630. The zero-order valence-electron chi connectivity index (χ0n) is 17.5. The lowest BCUT2D eigenvalue weighted by atomic mass is 10.1. The van der Waals surface area contributed by atoms with Gasteiger partial charge in [-0.1, -0.05) is 24.3 Å². The third-order valence-electron chi connectivity index (χ3n) is 4.90. The summed E-state index contributed by atoms with van der Waals surface area (Å²) in [5, 5.41) is 0. The first-order valence-corrected chi connectivity index (χ1v) is 10.0. The Kier molecular flexibility index (Phi) is 6.13. The normalized spacial score (nSPS) is 14.8. The molecule has 0 unspecified atom stereocenters. The van der Waals surface area contributed by atoms with Crippen molar-refractivity contribution in [1.29, 1.82) is 0 Å². The third kappa shape index (κ3) is 4.24. The molecular weight excluding hydrogens is 444 g/mol. The van der Waals surface area contributed by atoms with Gasteiger partial charge in [-0.05, 0) is 24.3 Å². The number of carbonyl (C=O) groups is 6. The van der Waals surface area contributed by atoms with Crippen molar-refractivity contribution >= 4 is 46.9 Å². The standard InChI is InChI=1S/C24H16N2O8/c27-19-9-10-20(28)25(19)17-7-3-1-5-15(17)23(31)33-13-14-34-24(32)16-6-2-4-8-18(16)26-21(29)11-12-22(26)30/h1-12H,13-14H2. The molecule has 10 heteroatoms. The summed E-state index contributed by atoms with van der Waals surface area (Å²) in [4.78, 5) is 74.6. The summed E-state index contributed by atoms with van der Waals surface area (Å²) in [5.74, 6) is -3.96. The van der Waals surface area contributed by atoms with Crippen LogP contribution in [0.15, 0.2) is 72.8 Å². The molecular formula is C24H16N2O8. The lowest BCUT2D eigenvalue weighted by Crippen LogP contribution is -2.31. The van der Waals surface area contributed by atoms with Crippen molar-refractivity contribution in [3.8, 4) is 0 Å². The van der Waals surface area contributed by atoms with E-state index in [2.05, 4.69) is 0 Å². The van der Waals surface area contributed by atoms with Crippen LogP contribution < -0.4 is 9.80 Å². The molecule has 2 aliphatic heterocycles. The molecule has 34 heavy (non-hydrogen) atoms. The Hall–Kier alpha value is -4.86. The number of imide groups is 2. The van der Waals surface area contributed by atoms with Crippen molar-refractivity contribution in [3.63, 3.8) is 0 Å². The summed E-state index contributed by atoms with van der Waals surface area (Å²) in [6.07, 6.45) is 4.39. The summed E-state index contributed by atoms with van der Waals surface area (Å²) in [6, 6.07) is 11.9. The van der Waals surface area contributed by atoms with Gasteiger partial charge in [-0.15, -0.1) is 0 Å². The molecule has 2 aliphatic rings. The van der Waals surface area contributed by atoms with Gasteiger partial charge in [0, 0.05) is 24.3 Å². The second-order valence-electron chi connectivity index (χ2n) is 7.00. The number of hydrogen-bond acceptors (Lipinski definition) is 8. The predicted molar refractivity (Wildman–Crippen MR) is 117 cm³/mol. The minimum atomic E-state index is -0.820. The van der Waals surface area contributed by atoms with Gasteiger partial charge in [0.05, 0.1) is 22.5 Å². The van der Waals surface area contributed by atoms with Crippen molar-refractivity contribution in [2.45, 2.75) is 0 Å². The van der Waals surface area contributed by atoms with E-state index in [0.29, 0.717) is 0 Å². The van der Waals surface area contributed by atoms with Crippen molar-refractivity contribution in [1.82, 2.24) is 0 Å². The van der Waals surface area contributed by atoms with Gasteiger partial charge in [0.2, 0.25) is 0 Å². The van der Waals surface area contributed by atoms with Crippen LogP contribution in [0, 0.1) is 0 Å². The van der Waals surface area contributed by atoms with Crippen LogP contribution in [0.1, 0.15) is 20.7 Å². The van der Waals surface area contributed by atoms with Crippen LogP contribution in [0.25, 0.3) is 0 Å². The molecule has 0 saturated heterocycles. The van der Waals surface area contributed by atoms with Gasteiger partial charge >= 0.3 is 11.9 Å². The van der Waals surface area contributed by atoms with Gasteiger partial charge in [0.25, 0.3) is 23.6 Å². The second-order valence-corrected chi connectivity index (χ2v) is 7.00. The first kappa shape index (κ1) is 22.3. The largest absolute Gasteiger partial charge is 0.458 e. The molecule has 4 rings (SSSR count). The topological polar surface area (TPSA) is 127 Å². The third-order valence-corrected chi connectivity index (χ3v) is 4.90. The Morgan fingerprint density at radius 1 is 0.559 bits per heavy atom. The highest BCUT2D eigenvalue weighted by molar-refractivity contribution is 6.30. The van der Waals surface area contributed by atoms with Crippen LogP contribution in [-0.4, -0.2) is 48.8 Å². The van der Waals surface area contributed by atoms with Crippen LogP contribution in [0.2, 0.25) is 0 Å². The van der Waals surface area contributed by atoms with Gasteiger partial charge in [-0.3, -0.25) is 19.2 Å².